The number of benzene rings is 1. The Bertz CT molecular complexity index is 656. The van der Waals surface area contributed by atoms with Gasteiger partial charge in [0, 0.05) is 10.4 Å². The molecular weight excluding hydrogens is 280 g/mol. The molecule has 2 aromatic rings. The summed E-state index contributed by atoms with van der Waals surface area (Å²) in [6, 6.07) is 4.10. The average molecular weight is 300 g/mol. The maximum atomic E-state index is 12.5. The summed E-state index contributed by atoms with van der Waals surface area (Å²) in [5.74, 6) is -0.0453. The van der Waals surface area contributed by atoms with Crippen LogP contribution in [0, 0.1) is 20.8 Å². The normalized spacial score (nSPS) is 13.9. The Kier molecular flexibility index (Phi) is 3.81. The van der Waals surface area contributed by atoms with Crippen molar-refractivity contribution in [1.82, 2.24) is 4.98 Å². The summed E-state index contributed by atoms with van der Waals surface area (Å²) in [5.41, 5.74) is 5.18. The number of carbonyl (C=O) groups is 1. The van der Waals surface area contributed by atoms with Crippen LogP contribution < -0.4 is 5.32 Å². The molecule has 0 aliphatic heterocycles. The van der Waals surface area contributed by atoms with Crippen LogP contribution in [0.1, 0.15) is 50.5 Å². The molecule has 0 unspecified atom stereocenters. The summed E-state index contributed by atoms with van der Waals surface area (Å²) in [5, 5.41) is 3.73. The van der Waals surface area contributed by atoms with Crippen LogP contribution in [0.4, 0.5) is 5.13 Å². The standard InChI is InChI=1S/C17H20N2OS/c1-10-8-11(2)15(12(3)9-10)16(20)19-17-18-13-6-4-5-7-14(13)21-17/h8-9H,4-7H2,1-3H3,(H,18,19,20). The van der Waals surface area contributed by atoms with E-state index in [-0.39, 0.29) is 5.91 Å². The van der Waals surface area contributed by atoms with E-state index in [4.69, 9.17) is 0 Å². The Balaban J connectivity index is 1.85. The summed E-state index contributed by atoms with van der Waals surface area (Å²) in [7, 11) is 0. The van der Waals surface area contributed by atoms with Crippen LogP contribution in [0.25, 0.3) is 0 Å². The third kappa shape index (κ3) is 2.86. The fourth-order valence-corrected chi connectivity index (χ4v) is 4.15. The first-order chi connectivity index (χ1) is 10.0. The van der Waals surface area contributed by atoms with Gasteiger partial charge in [0.25, 0.3) is 5.91 Å². The number of nitrogens with one attached hydrogen (secondary N) is 1. The van der Waals surface area contributed by atoms with Gasteiger partial charge >= 0.3 is 0 Å². The molecule has 0 saturated carbocycles. The first kappa shape index (κ1) is 14.3. The summed E-state index contributed by atoms with van der Waals surface area (Å²) in [4.78, 5) is 18.5. The lowest BCUT2D eigenvalue weighted by molar-refractivity contribution is 0.102. The van der Waals surface area contributed by atoms with Crippen LogP contribution in [0.2, 0.25) is 0 Å². The number of fused-ring (bicyclic) bond motifs is 1. The predicted molar refractivity (Wildman–Crippen MR) is 87.4 cm³/mol. The van der Waals surface area contributed by atoms with Gasteiger partial charge in [-0.1, -0.05) is 17.7 Å². The second-order valence-corrected chi connectivity index (χ2v) is 6.91. The number of aromatic nitrogens is 1. The van der Waals surface area contributed by atoms with Crippen molar-refractivity contribution in [1.29, 1.82) is 0 Å². The molecule has 0 saturated heterocycles. The number of hydrogen-bond acceptors (Lipinski definition) is 3. The van der Waals surface area contributed by atoms with E-state index in [0.29, 0.717) is 0 Å². The minimum atomic E-state index is -0.0453. The summed E-state index contributed by atoms with van der Waals surface area (Å²) in [6.45, 7) is 6.03. The third-order valence-corrected chi connectivity index (χ3v) is 5.04. The molecule has 0 atom stereocenters. The second-order valence-electron chi connectivity index (χ2n) is 5.82. The number of amides is 1. The molecule has 1 aliphatic rings. The number of thiazole rings is 1. The quantitative estimate of drug-likeness (QED) is 0.903. The molecule has 1 N–H and O–H groups in total. The van der Waals surface area contributed by atoms with Crippen LogP contribution >= 0.6 is 11.3 Å². The van der Waals surface area contributed by atoms with E-state index in [1.54, 1.807) is 11.3 Å². The predicted octanol–water partition coefficient (Wildman–Crippen LogP) is 4.20. The molecule has 1 heterocycles. The highest BCUT2D eigenvalue weighted by Crippen LogP contribution is 2.30. The first-order valence-electron chi connectivity index (χ1n) is 7.42. The molecular formula is C17H20N2OS. The van der Waals surface area contributed by atoms with Crippen molar-refractivity contribution >= 4 is 22.4 Å². The minimum Gasteiger partial charge on any atom is -0.298 e. The van der Waals surface area contributed by atoms with Crippen LogP contribution in [0.15, 0.2) is 12.1 Å². The van der Waals surface area contributed by atoms with Crippen LogP contribution in [-0.4, -0.2) is 10.9 Å². The molecule has 0 fully saturated rings. The molecule has 0 bridgehead atoms. The summed E-state index contributed by atoms with van der Waals surface area (Å²) >= 11 is 1.63. The molecule has 1 aromatic heterocycles. The van der Waals surface area contributed by atoms with E-state index < -0.39 is 0 Å². The maximum absolute atomic E-state index is 12.5. The van der Waals surface area contributed by atoms with Gasteiger partial charge in [0.15, 0.2) is 5.13 Å². The van der Waals surface area contributed by atoms with E-state index in [0.717, 1.165) is 34.7 Å². The van der Waals surface area contributed by atoms with Gasteiger partial charge < -0.3 is 0 Å². The van der Waals surface area contributed by atoms with Crippen molar-refractivity contribution in [3.05, 3.63) is 45.0 Å². The van der Waals surface area contributed by atoms with Gasteiger partial charge in [-0.3, -0.25) is 10.1 Å². The Morgan fingerprint density at radius 3 is 2.48 bits per heavy atom. The molecule has 1 aliphatic carbocycles. The maximum Gasteiger partial charge on any atom is 0.257 e. The molecule has 3 rings (SSSR count). The first-order valence-corrected chi connectivity index (χ1v) is 8.24. The molecule has 1 aromatic carbocycles. The largest absolute Gasteiger partial charge is 0.298 e. The number of aryl methyl sites for hydroxylation is 5. The van der Waals surface area contributed by atoms with Gasteiger partial charge in [-0.2, -0.15) is 0 Å². The number of anilines is 1. The van der Waals surface area contributed by atoms with E-state index >= 15 is 0 Å². The topological polar surface area (TPSA) is 42.0 Å². The Morgan fingerprint density at radius 1 is 1.14 bits per heavy atom. The molecule has 0 radical (unpaired) electrons. The van der Waals surface area contributed by atoms with Crippen molar-refractivity contribution in [2.75, 3.05) is 5.32 Å². The zero-order valence-corrected chi connectivity index (χ0v) is 13.6. The van der Waals surface area contributed by atoms with Gasteiger partial charge in [-0.25, -0.2) is 4.98 Å². The molecule has 0 spiro atoms. The Morgan fingerprint density at radius 2 is 1.81 bits per heavy atom. The van der Waals surface area contributed by atoms with E-state index in [1.807, 2.05) is 13.8 Å². The average Bonchev–Trinajstić information content (AvgIpc) is 2.79. The summed E-state index contributed by atoms with van der Waals surface area (Å²) in [6.07, 6.45) is 4.59. The zero-order valence-electron chi connectivity index (χ0n) is 12.7. The number of hydrogen-bond donors (Lipinski definition) is 1. The third-order valence-electron chi connectivity index (χ3n) is 3.97. The molecule has 110 valence electrons. The van der Waals surface area contributed by atoms with Crippen LogP contribution in [0.5, 0.6) is 0 Å². The van der Waals surface area contributed by atoms with Crippen LogP contribution in [-0.2, 0) is 12.8 Å². The van der Waals surface area contributed by atoms with Gasteiger partial charge in [-0.05, 0) is 57.6 Å². The zero-order chi connectivity index (χ0) is 15.0. The molecule has 21 heavy (non-hydrogen) atoms. The Labute approximate surface area is 129 Å². The number of nitrogens with zero attached hydrogens (tertiary/aromatic N) is 1. The highest BCUT2D eigenvalue weighted by molar-refractivity contribution is 7.15. The SMILES string of the molecule is Cc1cc(C)c(C(=O)Nc2nc3c(s2)CCCC3)c(C)c1. The fourth-order valence-electron chi connectivity index (χ4n) is 3.10. The highest BCUT2D eigenvalue weighted by Gasteiger charge is 2.18. The van der Waals surface area contributed by atoms with Crippen molar-refractivity contribution in [3.63, 3.8) is 0 Å². The lowest BCUT2D eigenvalue weighted by atomic mass is 9.99. The lowest BCUT2D eigenvalue weighted by Crippen LogP contribution is -2.15. The van der Waals surface area contributed by atoms with Gasteiger partial charge in [-0.15, -0.1) is 11.3 Å². The van der Waals surface area contributed by atoms with E-state index in [9.17, 15) is 4.79 Å². The van der Waals surface area contributed by atoms with Crippen molar-refractivity contribution in [2.24, 2.45) is 0 Å². The lowest BCUT2D eigenvalue weighted by Gasteiger charge is -2.10. The smallest absolute Gasteiger partial charge is 0.257 e. The van der Waals surface area contributed by atoms with Crippen molar-refractivity contribution in [2.45, 2.75) is 46.5 Å². The van der Waals surface area contributed by atoms with Gasteiger partial charge in [0.2, 0.25) is 0 Å². The second kappa shape index (κ2) is 5.60. The Hall–Kier alpha value is -1.68. The van der Waals surface area contributed by atoms with Crippen molar-refractivity contribution in [3.8, 4) is 0 Å². The van der Waals surface area contributed by atoms with Gasteiger partial charge in [0.1, 0.15) is 0 Å². The van der Waals surface area contributed by atoms with Crippen LogP contribution in [0.3, 0.4) is 0 Å². The van der Waals surface area contributed by atoms with Gasteiger partial charge in [0.05, 0.1) is 5.69 Å². The minimum absolute atomic E-state index is 0.0453. The van der Waals surface area contributed by atoms with E-state index in [1.165, 1.54) is 29.0 Å². The molecule has 3 nitrogen and oxygen atoms in total. The van der Waals surface area contributed by atoms with Crippen molar-refractivity contribution < 1.29 is 4.79 Å². The molecule has 4 heteroatoms. The summed E-state index contributed by atoms with van der Waals surface area (Å²) < 4.78 is 0. The fraction of sp³-hybridized carbons (Fsp3) is 0.412. The highest BCUT2D eigenvalue weighted by atomic mass is 32.1. The van der Waals surface area contributed by atoms with E-state index in [2.05, 4.69) is 29.4 Å². The monoisotopic (exact) mass is 300 g/mol. The molecule has 1 amide bonds. The number of carbonyl (C=O) groups excluding carboxylic acids is 1. The number of rotatable bonds is 2.